The number of hydrogen-bond donors (Lipinski definition) is 0. The van der Waals surface area contributed by atoms with Gasteiger partial charge in [-0.05, 0) is 35.2 Å². The Morgan fingerprint density at radius 3 is 2.26 bits per heavy atom. The van der Waals surface area contributed by atoms with Crippen LogP contribution in [0.2, 0.25) is 5.02 Å². The van der Waals surface area contributed by atoms with Crippen molar-refractivity contribution >= 4 is 17.2 Å². The van der Waals surface area contributed by atoms with Crippen LogP contribution in [0.25, 0.3) is 5.57 Å². The van der Waals surface area contributed by atoms with Crippen molar-refractivity contribution in [1.29, 1.82) is 0 Å². The van der Waals surface area contributed by atoms with Gasteiger partial charge in [-0.2, -0.15) is 0 Å². The Morgan fingerprint density at radius 1 is 1.05 bits per heavy atom. The van der Waals surface area contributed by atoms with Crippen molar-refractivity contribution in [2.45, 2.75) is 20.8 Å². The highest BCUT2D eigenvalue weighted by atomic mass is 35.5. The van der Waals surface area contributed by atoms with Crippen molar-refractivity contribution in [2.24, 2.45) is 5.41 Å². The highest BCUT2D eigenvalue weighted by molar-refractivity contribution is 6.30. The zero-order valence-electron chi connectivity index (χ0n) is 11.5. The topological polar surface area (TPSA) is 12.9 Å². The van der Waals surface area contributed by atoms with Crippen LogP contribution < -0.4 is 0 Å². The molecule has 0 amide bonds. The molecule has 1 heterocycles. The van der Waals surface area contributed by atoms with Crippen molar-refractivity contribution in [1.82, 2.24) is 4.98 Å². The molecule has 2 heteroatoms. The summed E-state index contributed by atoms with van der Waals surface area (Å²) in [5.74, 6) is 0. The molecule has 0 unspecified atom stereocenters. The van der Waals surface area contributed by atoms with E-state index in [4.69, 9.17) is 11.6 Å². The molecule has 0 N–H and O–H groups in total. The molecule has 2 aromatic rings. The van der Waals surface area contributed by atoms with Crippen LogP contribution in [-0.4, -0.2) is 4.98 Å². The predicted molar refractivity (Wildman–Crippen MR) is 82.2 cm³/mol. The highest BCUT2D eigenvalue weighted by Crippen LogP contribution is 2.28. The average molecular weight is 272 g/mol. The van der Waals surface area contributed by atoms with Crippen LogP contribution in [0.1, 0.15) is 32.0 Å². The Hall–Kier alpha value is -1.60. The number of nitrogens with zero attached hydrogens (tertiary/aromatic N) is 1. The zero-order valence-corrected chi connectivity index (χ0v) is 12.3. The lowest BCUT2D eigenvalue weighted by atomic mass is 9.89. The van der Waals surface area contributed by atoms with Crippen molar-refractivity contribution in [3.63, 3.8) is 0 Å². The molecule has 0 radical (unpaired) electrons. The summed E-state index contributed by atoms with van der Waals surface area (Å²) in [6.07, 6.45) is 4.07. The maximum absolute atomic E-state index is 5.96. The Kier molecular flexibility index (Phi) is 4.06. The Bertz CT molecular complexity index is 562. The van der Waals surface area contributed by atoms with E-state index in [1.54, 1.807) is 0 Å². The molecule has 0 aliphatic carbocycles. The minimum atomic E-state index is 0.0898. The van der Waals surface area contributed by atoms with Gasteiger partial charge in [0.25, 0.3) is 0 Å². The van der Waals surface area contributed by atoms with Gasteiger partial charge in [-0.1, -0.05) is 56.6 Å². The van der Waals surface area contributed by atoms with Crippen molar-refractivity contribution in [3.8, 4) is 0 Å². The number of rotatable bonds is 2. The normalized spacial score (nSPS) is 12.5. The summed E-state index contributed by atoms with van der Waals surface area (Å²) in [5.41, 5.74) is 3.36. The van der Waals surface area contributed by atoms with Crippen LogP contribution in [0.15, 0.2) is 54.7 Å². The van der Waals surface area contributed by atoms with E-state index in [0.29, 0.717) is 0 Å². The number of benzene rings is 1. The van der Waals surface area contributed by atoms with Gasteiger partial charge in [0, 0.05) is 16.8 Å². The average Bonchev–Trinajstić information content (AvgIpc) is 2.37. The van der Waals surface area contributed by atoms with Gasteiger partial charge < -0.3 is 0 Å². The molecule has 0 spiro atoms. The number of allylic oxidation sites excluding steroid dienone is 1. The minimum Gasteiger partial charge on any atom is -0.256 e. The fraction of sp³-hybridized carbons (Fsp3) is 0.235. The van der Waals surface area contributed by atoms with Gasteiger partial charge in [0.2, 0.25) is 0 Å². The largest absolute Gasteiger partial charge is 0.256 e. The van der Waals surface area contributed by atoms with E-state index >= 15 is 0 Å². The summed E-state index contributed by atoms with van der Waals surface area (Å²) in [7, 11) is 0. The third-order valence-corrected chi connectivity index (χ3v) is 2.93. The first-order chi connectivity index (χ1) is 8.96. The third-order valence-electron chi connectivity index (χ3n) is 2.67. The molecule has 98 valence electrons. The summed E-state index contributed by atoms with van der Waals surface area (Å²) in [6.45, 7) is 6.56. The molecule has 1 nitrogen and oxygen atoms in total. The van der Waals surface area contributed by atoms with E-state index in [1.165, 1.54) is 0 Å². The van der Waals surface area contributed by atoms with E-state index in [2.05, 4.69) is 31.8 Å². The van der Waals surface area contributed by atoms with Crippen LogP contribution in [0, 0.1) is 5.41 Å². The summed E-state index contributed by atoms with van der Waals surface area (Å²) >= 11 is 5.96. The number of halogens is 1. The molecule has 0 bridgehead atoms. The fourth-order valence-corrected chi connectivity index (χ4v) is 2.02. The summed E-state index contributed by atoms with van der Waals surface area (Å²) in [5, 5.41) is 0.750. The van der Waals surface area contributed by atoms with Crippen molar-refractivity contribution < 1.29 is 0 Å². The molecule has 0 aliphatic rings. The van der Waals surface area contributed by atoms with Gasteiger partial charge in [0.15, 0.2) is 0 Å². The number of hydrogen-bond acceptors (Lipinski definition) is 1. The molecular weight excluding hydrogens is 254 g/mol. The Morgan fingerprint density at radius 2 is 1.74 bits per heavy atom. The molecule has 0 saturated carbocycles. The SMILES string of the molecule is CC(C)(C)/C=C(\c1ccc(Cl)cc1)c1ccccn1. The molecule has 1 aromatic heterocycles. The van der Waals surface area contributed by atoms with Crippen LogP contribution in [0.3, 0.4) is 0 Å². The van der Waals surface area contributed by atoms with Gasteiger partial charge >= 0.3 is 0 Å². The molecule has 0 aliphatic heterocycles. The smallest absolute Gasteiger partial charge is 0.0704 e. The standard InChI is InChI=1S/C17H18ClN/c1-17(2,3)12-15(16-6-4-5-11-19-16)13-7-9-14(18)10-8-13/h4-12H,1-3H3/b15-12+. The first-order valence-corrected chi connectivity index (χ1v) is 6.74. The van der Waals surface area contributed by atoms with Gasteiger partial charge in [0.1, 0.15) is 0 Å². The van der Waals surface area contributed by atoms with E-state index in [9.17, 15) is 0 Å². The second kappa shape index (κ2) is 5.58. The molecule has 0 atom stereocenters. The highest BCUT2D eigenvalue weighted by Gasteiger charge is 2.12. The lowest BCUT2D eigenvalue weighted by Crippen LogP contribution is -2.03. The summed E-state index contributed by atoms with van der Waals surface area (Å²) in [6, 6.07) is 13.9. The van der Waals surface area contributed by atoms with Gasteiger partial charge in [-0.3, -0.25) is 4.98 Å². The lowest BCUT2D eigenvalue weighted by molar-refractivity contribution is 0.545. The molecule has 0 fully saturated rings. The van der Waals surface area contributed by atoms with Gasteiger partial charge in [0.05, 0.1) is 5.69 Å². The first-order valence-electron chi connectivity index (χ1n) is 6.36. The monoisotopic (exact) mass is 271 g/mol. The number of aromatic nitrogens is 1. The van der Waals surface area contributed by atoms with Crippen molar-refractivity contribution in [2.75, 3.05) is 0 Å². The summed E-state index contributed by atoms with van der Waals surface area (Å²) in [4.78, 5) is 4.46. The molecule has 0 saturated heterocycles. The maximum Gasteiger partial charge on any atom is 0.0704 e. The maximum atomic E-state index is 5.96. The minimum absolute atomic E-state index is 0.0898. The Balaban J connectivity index is 2.53. The lowest BCUT2D eigenvalue weighted by Gasteiger charge is -2.16. The second-order valence-electron chi connectivity index (χ2n) is 5.65. The van der Waals surface area contributed by atoms with E-state index in [-0.39, 0.29) is 5.41 Å². The van der Waals surface area contributed by atoms with Gasteiger partial charge in [-0.25, -0.2) is 0 Å². The molecular formula is C17H18ClN. The van der Waals surface area contributed by atoms with Gasteiger partial charge in [-0.15, -0.1) is 0 Å². The second-order valence-corrected chi connectivity index (χ2v) is 6.08. The van der Waals surface area contributed by atoms with Crippen molar-refractivity contribution in [3.05, 3.63) is 71.0 Å². The zero-order chi connectivity index (χ0) is 13.9. The van der Waals surface area contributed by atoms with Crippen LogP contribution >= 0.6 is 11.6 Å². The van der Waals surface area contributed by atoms with Crippen LogP contribution in [0.5, 0.6) is 0 Å². The Labute approximate surface area is 120 Å². The number of pyridine rings is 1. The fourth-order valence-electron chi connectivity index (χ4n) is 1.89. The van der Waals surface area contributed by atoms with E-state index in [1.807, 2.05) is 48.7 Å². The molecule has 1 aromatic carbocycles. The van der Waals surface area contributed by atoms with E-state index < -0.39 is 0 Å². The first kappa shape index (κ1) is 13.8. The predicted octanol–water partition coefficient (Wildman–Crippen LogP) is 5.21. The van der Waals surface area contributed by atoms with Crippen LogP contribution in [-0.2, 0) is 0 Å². The quantitative estimate of drug-likeness (QED) is 0.730. The molecule has 2 rings (SSSR count). The van der Waals surface area contributed by atoms with E-state index in [0.717, 1.165) is 21.9 Å². The summed E-state index contributed by atoms with van der Waals surface area (Å²) < 4.78 is 0. The third kappa shape index (κ3) is 3.93. The van der Waals surface area contributed by atoms with Crippen LogP contribution in [0.4, 0.5) is 0 Å². The molecule has 19 heavy (non-hydrogen) atoms.